The van der Waals surface area contributed by atoms with Gasteiger partial charge in [-0.05, 0) is 42.3 Å². The Morgan fingerprint density at radius 3 is 2.28 bits per heavy atom. The second-order valence-corrected chi connectivity index (χ2v) is 9.33. The van der Waals surface area contributed by atoms with Crippen LogP contribution in [0, 0.1) is 0 Å². The third-order valence-electron chi connectivity index (χ3n) is 6.79. The van der Waals surface area contributed by atoms with Gasteiger partial charge in [-0.25, -0.2) is 9.78 Å². The van der Waals surface area contributed by atoms with Crippen LogP contribution in [0.15, 0.2) is 72.9 Å². The number of nitrogens with two attached hydrogens (primary N) is 1. The molecule has 0 aliphatic carbocycles. The number of hydrogen-bond acceptors (Lipinski definition) is 7. The molecule has 5 aromatic rings. The summed E-state index contributed by atoms with van der Waals surface area (Å²) in [4.78, 5) is 18.2. The van der Waals surface area contributed by atoms with Gasteiger partial charge in [-0.1, -0.05) is 36.4 Å². The van der Waals surface area contributed by atoms with Gasteiger partial charge in [-0.2, -0.15) is 0 Å². The fourth-order valence-corrected chi connectivity index (χ4v) is 4.91. The van der Waals surface area contributed by atoms with Crippen LogP contribution in [0.5, 0.6) is 17.2 Å². The molecule has 0 aliphatic rings. The second kappa shape index (κ2) is 11.0. The van der Waals surface area contributed by atoms with Crippen molar-refractivity contribution in [2.75, 3.05) is 27.9 Å². The summed E-state index contributed by atoms with van der Waals surface area (Å²) in [6.07, 6.45) is 2.66. The molecule has 3 aromatic carbocycles. The van der Waals surface area contributed by atoms with Crippen LogP contribution < -0.4 is 19.9 Å². The van der Waals surface area contributed by atoms with Crippen LogP contribution in [-0.2, 0) is 18.2 Å². The monoisotopic (exact) mass is 525 g/mol. The predicted molar refractivity (Wildman–Crippen MR) is 152 cm³/mol. The van der Waals surface area contributed by atoms with Crippen molar-refractivity contribution in [1.29, 1.82) is 0 Å². The summed E-state index contributed by atoms with van der Waals surface area (Å²) in [7, 11) is 6.67. The molecule has 200 valence electrons. The second-order valence-electron chi connectivity index (χ2n) is 9.33. The number of carbonyl (C=O) groups is 1. The smallest absolute Gasteiger partial charge is 0.338 e. The third kappa shape index (κ3) is 5.11. The molecular weight excluding hydrogens is 494 g/mol. The van der Waals surface area contributed by atoms with E-state index in [1.165, 1.54) is 0 Å². The molecule has 2 aromatic heterocycles. The Bertz CT molecular complexity index is 1630. The summed E-state index contributed by atoms with van der Waals surface area (Å²) in [5, 5.41) is 1.85. The van der Waals surface area contributed by atoms with Gasteiger partial charge >= 0.3 is 5.97 Å². The maximum absolute atomic E-state index is 13.4. The zero-order valence-electron chi connectivity index (χ0n) is 22.4. The first-order chi connectivity index (χ1) is 18.9. The zero-order valence-corrected chi connectivity index (χ0v) is 22.4. The molecule has 0 amide bonds. The summed E-state index contributed by atoms with van der Waals surface area (Å²) < 4.78 is 24.3. The summed E-state index contributed by atoms with van der Waals surface area (Å²) in [6, 6.07) is 20.6. The van der Waals surface area contributed by atoms with Crippen molar-refractivity contribution in [3.8, 4) is 28.5 Å². The Labute approximate surface area is 226 Å². The van der Waals surface area contributed by atoms with Gasteiger partial charge in [0.1, 0.15) is 6.61 Å². The number of esters is 1. The van der Waals surface area contributed by atoms with Crippen molar-refractivity contribution in [3.63, 3.8) is 0 Å². The highest BCUT2D eigenvalue weighted by molar-refractivity contribution is 6.04. The molecule has 1 atom stereocenters. The highest BCUT2D eigenvalue weighted by Crippen LogP contribution is 2.41. The van der Waals surface area contributed by atoms with E-state index in [2.05, 4.69) is 22.9 Å². The lowest BCUT2D eigenvalue weighted by Gasteiger charge is -2.16. The van der Waals surface area contributed by atoms with E-state index in [-0.39, 0.29) is 12.6 Å². The lowest BCUT2D eigenvalue weighted by atomic mass is 10.0. The normalized spacial score (nSPS) is 11.9. The molecule has 2 N–H and O–H groups in total. The van der Waals surface area contributed by atoms with Gasteiger partial charge in [0, 0.05) is 41.1 Å². The minimum atomic E-state index is -0.462. The molecule has 39 heavy (non-hydrogen) atoms. The van der Waals surface area contributed by atoms with Gasteiger partial charge < -0.3 is 29.2 Å². The summed E-state index contributed by atoms with van der Waals surface area (Å²) in [5.74, 6) is 0.996. The zero-order chi connectivity index (χ0) is 27.5. The maximum atomic E-state index is 13.4. The van der Waals surface area contributed by atoms with E-state index in [0.29, 0.717) is 51.4 Å². The van der Waals surface area contributed by atoms with E-state index in [0.717, 1.165) is 16.5 Å². The summed E-state index contributed by atoms with van der Waals surface area (Å²) >= 11 is 0. The molecule has 0 unspecified atom stereocenters. The Hall–Kier alpha value is -4.56. The number of fused-ring (bicyclic) bond motifs is 2. The number of hydrogen-bond donors (Lipinski definition) is 1. The molecule has 0 bridgehead atoms. The Kier molecular flexibility index (Phi) is 7.38. The van der Waals surface area contributed by atoms with Gasteiger partial charge in [0.05, 0.1) is 38.1 Å². The number of ether oxygens (including phenoxy) is 4. The first kappa shape index (κ1) is 26.1. The third-order valence-corrected chi connectivity index (χ3v) is 6.79. The number of aryl methyl sites for hydroxylation is 1. The highest BCUT2D eigenvalue weighted by Gasteiger charge is 2.20. The lowest BCUT2D eigenvalue weighted by molar-refractivity contribution is 0.0483. The van der Waals surface area contributed by atoms with Gasteiger partial charge in [0.2, 0.25) is 5.75 Å². The first-order valence-corrected chi connectivity index (χ1v) is 12.6. The minimum Gasteiger partial charge on any atom is -0.493 e. The average Bonchev–Trinajstić information content (AvgIpc) is 3.29. The number of aromatic nitrogens is 2. The highest BCUT2D eigenvalue weighted by atomic mass is 16.5. The molecule has 0 aliphatic heterocycles. The largest absolute Gasteiger partial charge is 0.493 e. The van der Waals surface area contributed by atoms with Crippen LogP contribution in [0.2, 0.25) is 0 Å². The van der Waals surface area contributed by atoms with Crippen molar-refractivity contribution in [2.24, 2.45) is 12.8 Å². The molecule has 8 heteroatoms. The van der Waals surface area contributed by atoms with Crippen LogP contribution in [0.4, 0.5) is 0 Å². The first-order valence-electron chi connectivity index (χ1n) is 12.6. The number of pyridine rings is 1. The summed E-state index contributed by atoms with van der Waals surface area (Å²) in [6.45, 7) is 0.0816. The van der Waals surface area contributed by atoms with Crippen molar-refractivity contribution in [3.05, 3.63) is 84.1 Å². The lowest BCUT2D eigenvalue weighted by Crippen LogP contribution is -2.30. The molecule has 8 nitrogen and oxygen atoms in total. The number of benzene rings is 3. The van der Waals surface area contributed by atoms with E-state index in [4.69, 9.17) is 29.7 Å². The van der Waals surface area contributed by atoms with Gasteiger partial charge in [-0.15, -0.1) is 0 Å². The molecule has 0 saturated carbocycles. The fourth-order valence-electron chi connectivity index (χ4n) is 4.91. The molecule has 0 radical (unpaired) electrons. The van der Waals surface area contributed by atoms with Gasteiger partial charge in [-0.3, -0.25) is 0 Å². The van der Waals surface area contributed by atoms with E-state index < -0.39 is 5.97 Å². The Morgan fingerprint density at radius 1 is 0.923 bits per heavy atom. The number of para-hydroxylation sites is 2. The van der Waals surface area contributed by atoms with Crippen molar-refractivity contribution >= 4 is 27.8 Å². The van der Waals surface area contributed by atoms with Crippen molar-refractivity contribution in [1.82, 2.24) is 9.55 Å². The average molecular weight is 526 g/mol. The quantitative estimate of drug-likeness (QED) is 0.266. The van der Waals surface area contributed by atoms with Crippen LogP contribution in [-0.4, -0.2) is 49.5 Å². The van der Waals surface area contributed by atoms with Crippen LogP contribution in [0.1, 0.15) is 15.9 Å². The van der Waals surface area contributed by atoms with Crippen molar-refractivity contribution in [2.45, 2.75) is 12.5 Å². The standard InChI is InChI=1S/C31H31N3O5/c1-34-17-20(22-9-6-8-12-27(22)34)13-21(32)18-39-31(35)24-16-26(33-25-11-7-5-10-23(24)25)19-14-28(36-2)30(38-4)29(15-19)37-3/h5-12,14-17,21H,13,18,32H2,1-4H3/t21-/m1/s1. The van der Waals surface area contributed by atoms with E-state index >= 15 is 0 Å². The molecule has 0 spiro atoms. The van der Waals surface area contributed by atoms with Crippen LogP contribution in [0.3, 0.4) is 0 Å². The molecule has 2 heterocycles. The molecule has 5 rings (SSSR count). The number of methoxy groups -OCH3 is 3. The van der Waals surface area contributed by atoms with Crippen LogP contribution in [0.25, 0.3) is 33.1 Å². The van der Waals surface area contributed by atoms with Gasteiger partial charge in [0.25, 0.3) is 0 Å². The van der Waals surface area contributed by atoms with Crippen LogP contribution >= 0.6 is 0 Å². The Balaban J connectivity index is 1.42. The number of nitrogens with zero attached hydrogens (tertiary/aromatic N) is 2. The molecule has 0 saturated heterocycles. The topological polar surface area (TPSA) is 97.8 Å². The maximum Gasteiger partial charge on any atom is 0.338 e. The SMILES string of the molecule is COc1cc(-c2cc(C(=O)OC[C@H](N)Cc3cn(C)c4ccccc34)c3ccccc3n2)cc(OC)c1OC. The number of carbonyl (C=O) groups excluding carboxylic acids is 1. The molecular formula is C31H31N3O5. The molecule has 0 fully saturated rings. The fraction of sp³-hybridized carbons (Fsp3) is 0.226. The predicted octanol–water partition coefficient (Wildman–Crippen LogP) is 5.15. The van der Waals surface area contributed by atoms with E-state index in [1.54, 1.807) is 39.5 Å². The van der Waals surface area contributed by atoms with Crippen molar-refractivity contribution < 1.29 is 23.7 Å². The summed E-state index contributed by atoms with van der Waals surface area (Å²) in [5.41, 5.74) is 11.0. The van der Waals surface area contributed by atoms with Gasteiger partial charge in [0.15, 0.2) is 11.5 Å². The minimum absolute atomic E-state index is 0.0816. The van der Waals surface area contributed by atoms with E-state index in [9.17, 15) is 4.79 Å². The Morgan fingerprint density at radius 2 is 1.59 bits per heavy atom. The number of rotatable bonds is 9. The van der Waals surface area contributed by atoms with E-state index in [1.807, 2.05) is 43.4 Å².